The van der Waals surface area contributed by atoms with Crippen LogP contribution in [0.1, 0.15) is 73.6 Å². The minimum absolute atomic E-state index is 0.0199. The molecule has 0 spiro atoms. The number of methoxy groups -OCH3 is 2. The maximum Gasteiger partial charge on any atom is 0.220 e. The van der Waals surface area contributed by atoms with Crippen molar-refractivity contribution in [1.29, 1.82) is 0 Å². The summed E-state index contributed by atoms with van der Waals surface area (Å²) in [5.41, 5.74) is 3.70. The number of nitrogens with one attached hydrogen (secondary N) is 1. The molecular weight excluding hydrogens is 560 g/mol. The average Bonchev–Trinajstić information content (AvgIpc) is 3.07. The van der Waals surface area contributed by atoms with Gasteiger partial charge in [-0.3, -0.25) is 4.79 Å². The van der Waals surface area contributed by atoms with Gasteiger partial charge in [-0.1, -0.05) is 89.8 Å². The molecule has 0 radical (unpaired) electrons. The van der Waals surface area contributed by atoms with Crippen molar-refractivity contribution < 1.29 is 14.3 Å². The van der Waals surface area contributed by atoms with Crippen LogP contribution in [0.4, 0.5) is 0 Å². The third kappa shape index (κ3) is 20.7. The summed E-state index contributed by atoms with van der Waals surface area (Å²) in [5, 5.41) is 2.71. The van der Waals surface area contributed by atoms with Gasteiger partial charge in [-0.2, -0.15) is 0 Å². The number of carbonyl (C=O) groups is 1. The first kappa shape index (κ1) is 43.3. The Morgan fingerprint density at radius 1 is 0.978 bits per heavy atom. The van der Waals surface area contributed by atoms with E-state index in [-0.39, 0.29) is 5.91 Å². The van der Waals surface area contributed by atoms with E-state index in [9.17, 15) is 4.79 Å². The van der Waals surface area contributed by atoms with Gasteiger partial charge in [0.15, 0.2) is 0 Å². The second-order valence-electron chi connectivity index (χ2n) is 9.56. The molecule has 1 N–H and O–H groups in total. The molecule has 0 unspecified atom stereocenters. The van der Waals surface area contributed by atoms with Crippen molar-refractivity contribution in [3.05, 3.63) is 109 Å². The van der Waals surface area contributed by atoms with Gasteiger partial charge in [0.2, 0.25) is 5.91 Å². The molecule has 0 aromatic carbocycles. The number of hydrogen-bond donors (Lipinski definition) is 1. The Hall–Kier alpha value is -3.87. The lowest BCUT2D eigenvalue weighted by Gasteiger charge is -2.41. The first-order valence-electron chi connectivity index (χ1n) is 16.5. The summed E-state index contributed by atoms with van der Waals surface area (Å²) in [6.45, 7) is 25.2. The fourth-order valence-electron chi connectivity index (χ4n) is 4.06. The number of ether oxygens (including phenoxy) is 2. The number of carbonyl (C=O) groups excluding carboxylic acids is 1. The standard InChI is InChI=1S/C24H35N3.C10H17NO3.2C2H6/c1-6-21(3)15-16-23(7-2)25(5)22(4)26-17-19-27(20-18-26)24-13-11-9-8-10-12-14-24;1-13-8-4-3-6-10(12)11-7-5-9-14-2;2*1-2/h7,9-13,15-16H,3-4,6,8,14,17-20H2,1-2,5H3;4-5,8-9H,3,6-7H2,1-2H3,(H,11,12);2*1-2H3/b11-9?,12-10-,16-15-,23-7+,24-13+;8-4+,9-5+;;. The van der Waals surface area contributed by atoms with E-state index in [1.54, 1.807) is 26.6 Å². The third-order valence-corrected chi connectivity index (χ3v) is 6.68. The smallest absolute Gasteiger partial charge is 0.220 e. The molecule has 1 amide bonds. The molecule has 0 saturated carbocycles. The monoisotopic (exact) mass is 624 g/mol. The average molecular weight is 625 g/mol. The highest BCUT2D eigenvalue weighted by molar-refractivity contribution is 5.76. The Kier molecular flexibility index (Phi) is 29.0. The molecule has 7 heteroatoms. The minimum atomic E-state index is 0.0199. The molecule has 2 rings (SSSR count). The van der Waals surface area contributed by atoms with Crippen molar-refractivity contribution in [1.82, 2.24) is 20.0 Å². The fourth-order valence-corrected chi connectivity index (χ4v) is 4.06. The molecule has 0 atom stereocenters. The quantitative estimate of drug-likeness (QED) is 0.119. The molecule has 1 aliphatic carbocycles. The highest BCUT2D eigenvalue weighted by Crippen LogP contribution is 2.20. The molecule has 2 aliphatic rings. The van der Waals surface area contributed by atoms with Crippen molar-refractivity contribution >= 4 is 5.91 Å². The van der Waals surface area contributed by atoms with E-state index in [2.05, 4.69) is 107 Å². The maximum atomic E-state index is 11.1. The van der Waals surface area contributed by atoms with Gasteiger partial charge in [-0.25, -0.2) is 0 Å². The zero-order valence-corrected chi connectivity index (χ0v) is 30.0. The Morgan fingerprint density at radius 3 is 2.22 bits per heavy atom. The van der Waals surface area contributed by atoms with Crippen LogP contribution in [0.25, 0.3) is 0 Å². The summed E-state index contributed by atoms with van der Waals surface area (Å²) in [4.78, 5) is 18.2. The molecule has 0 aromatic rings. The van der Waals surface area contributed by atoms with Crippen LogP contribution in [-0.2, 0) is 14.3 Å². The molecule has 45 heavy (non-hydrogen) atoms. The van der Waals surface area contributed by atoms with Crippen LogP contribution in [0.5, 0.6) is 0 Å². The zero-order chi connectivity index (χ0) is 34.3. The summed E-state index contributed by atoms with van der Waals surface area (Å²) >= 11 is 0. The number of hydrogen-bond acceptors (Lipinski definition) is 6. The van der Waals surface area contributed by atoms with E-state index in [1.165, 1.54) is 12.0 Å². The highest BCUT2D eigenvalue weighted by Gasteiger charge is 2.21. The van der Waals surface area contributed by atoms with Crippen molar-refractivity contribution in [2.75, 3.05) is 54.0 Å². The predicted octanol–water partition coefficient (Wildman–Crippen LogP) is 8.48. The summed E-state index contributed by atoms with van der Waals surface area (Å²) in [6.07, 6.45) is 28.4. The normalized spacial score (nSPS) is 16.5. The molecule has 1 heterocycles. The van der Waals surface area contributed by atoms with E-state index in [0.29, 0.717) is 19.4 Å². The number of piperazine rings is 1. The number of nitrogens with zero attached hydrogens (tertiary/aromatic N) is 3. The first-order chi connectivity index (χ1) is 21.9. The van der Waals surface area contributed by atoms with Gasteiger partial charge in [0.25, 0.3) is 0 Å². The van der Waals surface area contributed by atoms with Crippen molar-refractivity contribution in [2.45, 2.75) is 73.6 Å². The zero-order valence-electron chi connectivity index (χ0n) is 30.0. The Bertz CT molecular complexity index is 990. The van der Waals surface area contributed by atoms with Gasteiger partial charge in [-0.15, -0.1) is 0 Å². The second-order valence-corrected chi connectivity index (χ2v) is 9.56. The number of allylic oxidation sites excluding steroid dienone is 10. The Morgan fingerprint density at radius 2 is 1.62 bits per heavy atom. The number of amides is 1. The van der Waals surface area contributed by atoms with Gasteiger partial charge in [0.1, 0.15) is 5.82 Å². The summed E-state index contributed by atoms with van der Waals surface area (Å²) in [6, 6.07) is 0. The van der Waals surface area contributed by atoms with Gasteiger partial charge in [0.05, 0.1) is 26.7 Å². The molecule has 1 fully saturated rings. The lowest BCUT2D eigenvalue weighted by molar-refractivity contribution is -0.120. The predicted molar refractivity (Wildman–Crippen MR) is 195 cm³/mol. The summed E-state index contributed by atoms with van der Waals surface area (Å²) < 4.78 is 9.37. The third-order valence-electron chi connectivity index (χ3n) is 6.68. The molecule has 1 saturated heterocycles. The SMILES string of the molecule is C=C(/C=C\C(=C/C)N(C)C(=C)N1CCN(/C2=C/C=CC/C=C\C2)CC1)CC.CC.CC.CO/C=C/CCC(=O)NC/C=C/OC. The van der Waals surface area contributed by atoms with E-state index in [0.717, 1.165) is 62.5 Å². The lowest BCUT2D eigenvalue weighted by atomic mass is 10.1. The summed E-state index contributed by atoms with van der Waals surface area (Å²) in [7, 11) is 5.23. The van der Waals surface area contributed by atoms with Crippen LogP contribution in [0.3, 0.4) is 0 Å². The number of rotatable bonds is 14. The van der Waals surface area contributed by atoms with Crippen molar-refractivity contribution in [3.63, 3.8) is 0 Å². The molecule has 7 nitrogen and oxygen atoms in total. The fraction of sp³-hybridized carbons (Fsp3) is 0.500. The van der Waals surface area contributed by atoms with Gasteiger partial charge >= 0.3 is 0 Å². The van der Waals surface area contributed by atoms with Crippen molar-refractivity contribution in [3.8, 4) is 0 Å². The topological polar surface area (TPSA) is 57.3 Å². The van der Waals surface area contributed by atoms with Gasteiger partial charge < -0.3 is 29.5 Å². The van der Waals surface area contributed by atoms with E-state index in [4.69, 9.17) is 4.74 Å². The lowest BCUT2D eigenvalue weighted by Crippen LogP contribution is -2.47. The largest absolute Gasteiger partial charge is 0.505 e. The van der Waals surface area contributed by atoms with Gasteiger partial charge in [-0.05, 0) is 50.5 Å². The molecule has 1 aliphatic heterocycles. The van der Waals surface area contributed by atoms with Crippen LogP contribution in [0, 0.1) is 0 Å². The Balaban J connectivity index is 0. The minimum Gasteiger partial charge on any atom is -0.505 e. The second kappa shape index (κ2) is 30.2. The molecular formula is C38H64N4O3. The van der Waals surface area contributed by atoms with E-state index < -0.39 is 0 Å². The van der Waals surface area contributed by atoms with Crippen LogP contribution in [-0.4, -0.2) is 74.6 Å². The van der Waals surface area contributed by atoms with Crippen LogP contribution in [0.2, 0.25) is 0 Å². The molecule has 0 bridgehead atoms. The highest BCUT2D eigenvalue weighted by atomic mass is 16.5. The molecule has 254 valence electrons. The van der Waals surface area contributed by atoms with Crippen molar-refractivity contribution in [2.24, 2.45) is 0 Å². The number of likely N-dealkylation sites (N-methyl/N-ethyl adjacent to an activating group) is 1. The van der Waals surface area contributed by atoms with E-state index >= 15 is 0 Å². The first-order valence-corrected chi connectivity index (χ1v) is 16.5. The maximum absolute atomic E-state index is 11.1. The summed E-state index contributed by atoms with van der Waals surface area (Å²) in [5.74, 6) is 1.08. The van der Waals surface area contributed by atoms with E-state index in [1.807, 2.05) is 33.8 Å². The van der Waals surface area contributed by atoms with Crippen LogP contribution in [0.15, 0.2) is 109 Å². The Labute approximate surface area is 276 Å². The van der Waals surface area contributed by atoms with Gasteiger partial charge in [0, 0.05) is 64.0 Å². The van der Waals surface area contributed by atoms with Crippen LogP contribution < -0.4 is 5.32 Å². The van der Waals surface area contributed by atoms with Crippen LogP contribution >= 0.6 is 0 Å². The molecule has 0 aromatic heterocycles.